The molecule has 0 spiro atoms. The maximum atomic E-state index is 13.1. The van der Waals surface area contributed by atoms with Crippen LogP contribution in [0.4, 0.5) is 19.0 Å². The number of aryl methyl sites for hydroxylation is 1. The van der Waals surface area contributed by atoms with E-state index < -0.39 is 12.0 Å². The van der Waals surface area contributed by atoms with Crippen LogP contribution in [-0.4, -0.2) is 50.9 Å². The molecule has 0 aliphatic carbocycles. The molecule has 2 aromatic heterocycles. The van der Waals surface area contributed by atoms with Crippen LogP contribution in [0.15, 0.2) is 36.4 Å². The Balaban J connectivity index is 1.50. The zero-order chi connectivity index (χ0) is 19.7. The lowest BCUT2D eigenvalue weighted by molar-refractivity contribution is -0.146. The van der Waals surface area contributed by atoms with E-state index in [0.29, 0.717) is 12.4 Å². The number of aromatic nitrogens is 4. The van der Waals surface area contributed by atoms with Crippen LogP contribution in [0.5, 0.6) is 0 Å². The Morgan fingerprint density at radius 1 is 0.964 bits per heavy atom. The van der Waals surface area contributed by atoms with Gasteiger partial charge in [0.15, 0.2) is 5.65 Å². The van der Waals surface area contributed by atoms with Crippen molar-refractivity contribution >= 4 is 11.5 Å². The molecule has 0 N–H and O–H groups in total. The summed E-state index contributed by atoms with van der Waals surface area (Å²) in [6, 6.07) is 11.6. The topological polar surface area (TPSA) is 49.6 Å². The fourth-order valence-corrected chi connectivity index (χ4v) is 3.51. The van der Waals surface area contributed by atoms with Gasteiger partial charge in [-0.05, 0) is 36.6 Å². The van der Waals surface area contributed by atoms with E-state index in [-0.39, 0.29) is 5.65 Å². The number of anilines is 1. The molecule has 1 saturated heterocycles. The molecule has 0 atom stereocenters. The predicted octanol–water partition coefficient (Wildman–Crippen LogP) is 3.16. The maximum Gasteiger partial charge on any atom is 0.453 e. The number of benzene rings is 1. The zero-order valence-electron chi connectivity index (χ0n) is 15.5. The first-order valence-corrected chi connectivity index (χ1v) is 9.23. The van der Waals surface area contributed by atoms with E-state index in [1.54, 1.807) is 6.07 Å². The fourth-order valence-electron chi connectivity index (χ4n) is 3.51. The van der Waals surface area contributed by atoms with Crippen molar-refractivity contribution in [2.75, 3.05) is 31.1 Å². The molecule has 148 valence electrons. The normalized spacial score (nSPS) is 16.5. The summed E-state index contributed by atoms with van der Waals surface area (Å²) >= 11 is 0. The molecule has 3 aromatic rings. The van der Waals surface area contributed by atoms with Gasteiger partial charge in [0, 0.05) is 32.7 Å². The summed E-state index contributed by atoms with van der Waals surface area (Å²) in [5.41, 5.74) is 2.66. The summed E-state index contributed by atoms with van der Waals surface area (Å²) < 4.78 is 40.1. The second-order valence-corrected chi connectivity index (χ2v) is 7.03. The Kier molecular flexibility index (Phi) is 4.92. The van der Waals surface area contributed by atoms with E-state index in [1.807, 2.05) is 17.0 Å². The second-order valence-electron chi connectivity index (χ2n) is 7.03. The highest BCUT2D eigenvalue weighted by atomic mass is 19.4. The molecular formula is C19H21F3N6. The van der Waals surface area contributed by atoms with Gasteiger partial charge in [-0.25, -0.2) is 0 Å². The largest absolute Gasteiger partial charge is 0.453 e. The molecule has 1 aliphatic heterocycles. The van der Waals surface area contributed by atoms with Crippen molar-refractivity contribution in [2.45, 2.75) is 26.1 Å². The van der Waals surface area contributed by atoms with Gasteiger partial charge in [-0.3, -0.25) is 4.90 Å². The minimum Gasteiger partial charge on any atom is -0.354 e. The first-order chi connectivity index (χ1) is 13.4. The molecule has 0 unspecified atom stereocenters. The molecular weight excluding hydrogens is 369 g/mol. The minimum absolute atomic E-state index is 0.0899. The van der Waals surface area contributed by atoms with Crippen LogP contribution in [0.3, 0.4) is 0 Å². The van der Waals surface area contributed by atoms with Crippen LogP contribution >= 0.6 is 0 Å². The second kappa shape index (κ2) is 7.38. The third-order valence-electron chi connectivity index (χ3n) is 5.07. The molecule has 0 bridgehead atoms. The molecule has 28 heavy (non-hydrogen) atoms. The molecule has 1 fully saturated rings. The first kappa shape index (κ1) is 18.7. The highest BCUT2D eigenvalue weighted by Crippen LogP contribution is 2.28. The van der Waals surface area contributed by atoms with Crippen LogP contribution in [0.1, 0.15) is 23.4 Å². The van der Waals surface area contributed by atoms with Crippen LogP contribution in [0, 0.1) is 6.92 Å². The van der Waals surface area contributed by atoms with E-state index in [1.165, 1.54) is 17.2 Å². The van der Waals surface area contributed by atoms with Crippen molar-refractivity contribution in [1.82, 2.24) is 24.7 Å². The van der Waals surface area contributed by atoms with Crippen LogP contribution in [-0.2, 0) is 12.7 Å². The van der Waals surface area contributed by atoms with Crippen molar-refractivity contribution < 1.29 is 13.2 Å². The standard InChI is InChI=1S/C19H21F3N6/c1-14-5-2-3-6-15(14)13-26-9-4-10-27(12-11-26)17-8-7-16-23-24-18(19(20,21)22)28(16)25-17/h2-3,5-8H,4,9-13H2,1H3. The van der Waals surface area contributed by atoms with Gasteiger partial charge >= 0.3 is 6.18 Å². The molecule has 3 heterocycles. The summed E-state index contributed by atoms with van der Waals surface area (Å²) in [7, 11) is 0. The van der Waals surface area contributed by atoms with Gasteiger partial charge in [0.2, 0.25) is 0 Å². The number of fused-ring (bicyclic) bond motifs is 1. The molecule has 1 aliphatic rings. The van der Waals surface area contributed by atoms with Gasteiger partial charge in [-0.15, -0.1) is 15.3 Å². The Morgan fingerprint density at radius 2 is 1.79 bits per heavy atom. The maximum absolute atomic E-state index is 13.1. The molecule has 9 heteroatoms. The smallest absolute Gasteiger partial charge is 0.354 e. The SMILES string of the molecule is Cc1ccccc1CN1CCCN(c2ccc3nnc(C(F)(F)F)n3n2)CC1. The van der Waals surface area contributed by atoms with E-state index >= 15 is 0 Å². The molecule has 0 saturated carbocycles. The number of hydrogen-bond acceptors (Lipinski definition) is 5. The van der Waals surface area contributed by atoms with Gasteiger partial charge in [-0.1, -0.05) is 24.3 Å². The lowest BCUT2D eigenvalue weighted by Crippen LogP contribution is -2.31. The van der Waals surface area contributed by atoms with Crippen LogP contribution < -0.4 is 4.90 Å². The Hall–Kier alpha value is -2.68. The number of halogens is 3. The highest BCUT2D eigenvalue weighted by molar-refractivity contribution is 5.46. The Bertz CT molecular complexity index is 968. The first-order valence-electron chi connectivity index (χ1n) is 9.23. The lowest BCUT2D eigenvalue weighted by Gasteiger charge is -2.23. The molecule has 6 nitrogen and oxygen atoms in total. The van der Waals surface area contributed by atoms with Crippen molar-refractivity contribution in [2.24, 2.45) is 0 Å². The summed E-state index contributed by atoms with van der Waals surface area (Å²) in [5.74, 6) is -0.587. The van der Waals surface area contributed by atoms with Gasteiger partial charge in [-0.2, -0.15) is 17.7 Å². The summed E-state index contributed by atoms with van der Waals surface area (Å²) in [6.45, 7) is 6.18. The van der Waals surface area contributed by atoms with Gasteiger partial charge < -0.3 is 4.90 Å². The van der Waals surface area contributed by atoms with Crippen molar-refractivity contribution in [3.8, 4) is 0 Å². The average molecular weight is 390 g/mol. The van der Waals surface area contributed by atoms with E-state index in [2.05, 4.69) is 39.3 Å². The van der Waals surface area contributed by atoms with Crippen molar-refractivity contribution in [3.63, 3.8) is 0 Å². The molecule has 4 rings (SSSR count). The van der Waals surface area contributed by atoms with Gasteiger partial charge in [0.1, 0.15) is 5.82 Å². The number of alkyl halides is 3. The third kappa shape index (κ3) is 3.80. The summed E-state index contributed by atoms with van der Waals surface area (Å²) in [6.07, 6.45) is -3.67. The average Bonchev–Trinajstić information content (AvgIpc) is 2.96. The zero-order valence-corrected chi connectivity index (χ0v) is 15.5. The molecule has 1 aromatic carbocycles. The molecule has 0 amide bonds. The van der Waals surface area contributed by atoms with Crippen molar-refractivity contribution in [1.29, 1.82) is 0 Å². The van der Waals surface area contributed by atoms with E-state index in [0.717, 1.165) is 37.1 Å². The number of hydrogen-bond donors (Lipinski definition) is 0. The molecule has 0 radical (unpaired) electrons. The number of nitrogens with zero attached hydrogens (tertiary/aromatic N) is 6. The quantitative estimate of drug-likeness (QED) is 0.688. The number of rotatable bonds is 3. The van der Waals surface area contributed by atoms with E-state index in [4.69, 9.17) is 0 Å². The van der Waals surface area contributed by atoms with Crippen LogP contribution in [0.25, 0.3) is 5.65 Å². The monoisotopic (exact) mass is 390 g/mol. The fraction of sp³-hybridized carbons (Fsp3) is 0.421. The highest BCUT2D eigenvalue weighted by Gasteiger charge is 2.37. The Labute approximate surface area is 160 Å². The van der Waals surface area contributed by atoms with Crippen molar-refractivity contribution in [3.05, 3.63) is 53.3 Å². The minimum atomic E-state index is -4.59. The third-order valence-corrected chi connectivity index (χ3v) is 5.07. The summed E-state index contributed by atoms with van der Waals surface area (Å²) in [4.78, 5) is 4.40. The van der Waals surface area contributed by atoms with Gasteiger partial charge in [0.05, 0.1) is 0 Å². The van der Waals surface area contributed by atoms with E-state index in [9.17, 15) is 13.2 Å². The summed E-state index contributed by atoms with van der Waals surface area (Å²) in [5, 5.41) is 11.0. The predicted molar refractivity (Wildman–Crippen MR) is 99.1 cm³/mol. The van der Waals surface area contributed by atoms with Gasteiger partial charge in [0.25, 0.3) is 5.82 Å². The lowest BCUT2D eigenvalue weighted by atomic mass is 10.1. The van der Waals surface area contributed by atoms with Crippen LogP contribution in [0.2, 0.25) is 0 Å². The Morgan fingerprint density at radius 3 is 2.57 bits per heavy atom.